The lowest BCUT2D eigenvalue weighted by molar-refractivity contribution is -0.132. The van der Waals surface area contributed by atoms with E-state index in [1.165, 1.54) is 0 Å². The molecule has 1 saturated heterocycles. The molecule has 26 heavy (non-hydrogen) atoms. The Morgan fingerprint density at radius 2 is 2.00 bits per heavy atom. The van der Waals surface area contributed by atoms with Crippen molar-refractivity contribution in [3.05, 3.63) is 40.4 Å². The highest BCUT2D eigenvalue weighted by Crippen LogP contribution is 2.19. The number of hydrogen-bond donors (Lipinski definition) is 1. The monoisotopic (exact) mass is 376 g/mol. The van der Waals surface area contributed by atoms with Gasteiger partial charge in [0.2, 0.25) is 11.8 Å². The summed E-state index contributed by atoms with van der Waals surface area (Å²) in [5.74, 6) is 0.155. The van der Waals surface area contributed by atoms with Crippen molar-refractivity contribution >= 4 is 29.5 Å². The average molecular weight is 377 g/mol. The Morgan fingerprint density at radius 1 is 1.27 bits per heavy atom. The van der Waals surface area contributed by atoms with Crippen molar-refractivity contribution in [3.8, 4) is 0 Å². The summed E-state index contributed by atoms with van der Waals surface area (Å²) < 4.78 is 0. The predicted octanol–water partition coefficient (Wildman–Crippen LogP) is 4.21. The smallest absolute Gasteiger partial charge is 0.246 e. The maximum absolute atomic E-state index is 12.3. The van der Waals surface area contributed by atoms with Gasteiger partial charge in [0.05, 0.1) is 0 Å². The van der Waals surface area contributed by atoms with Gasteiger partial charge in [-0.15, -0.1) is 0 Å². The zero-order valence-corrected chi connectivity index (χ0v) is 16.5. The minimum absolute atomic E-state index is 0.0106. The molecule has 142 valence electrons. The van der Waals surface area contributed by atoms with Crippen LogP contribution in [-0.2, 0) is 9.59 Å². The second-order valence-electron chi connectivity index (χ2n) is 6.94. The molecule has 2 amide bonds. The maximum atomic E-state index is 12.3. The van der Waals surface area contributed by atoms with Crippen molar-refractivity contribution in [1.29, 1.82) is 0 Å². The van der Waals surface area contributed by atoms with Gasteiger partial charge >= 0.3 is 0 Å². The number of hydrogen-bond acceptors (Lipinski definition) is 2. The predicted molar refractivity (Wildman–Crippen MR) is 107 cm³/mol. The molecule has 1 aromatic carbocycles. The Hall–Kier alpha value is -1.81. The minimum Gasteiger partial charge on any atom is -0.356 e. The molecule has 0 spiro atoms. The number of carbonyl (C=O) groups is 2. The number of unbranched alkanes of at least 4 members (excludes halogenated alkanes) is 2. The van der Waals surface area contributed by atoms with Crippen molar-refractivity contribution in [2.45, 2.75) is 46.0 Å². The number of nitrogens with zero attached hydrogens (tertiary/aromatic N) is 1. The lowest BCUT2D eigenvalue weighted by Gasteiger charge is -2.30. The number of carbonyl (C=O) groups excluding carboxylic acids is 2. The van der Waals surface area contributed by atoms with E-state index in [1.54, 1.807) is 12.2 Å². The molecule has 1 fully saturated rings. The summed E-state index contributed by atoms with van der Waals surface area (Å²) in [7, 11) is 0. The van der Waals surface area contributed by atoms with Gasteiger partial charge in [-0.3, -0.25) is 9.59 Å². The number of nitrogens with one attached hydrogen (secondary N) is 1. The Balaban J connectivity index is 1.77. The van der Waals surface area contributed by atoms with Gasteiger partial charge < -0.3 is 10.2 Å². The molecule has 5 heteroatoms. The number of piperidine rings is 1. The molecule has 2 rings (SSSR count). The largest absolute Gasteiger partial charge is 0.356 e. The standard InChI is InChI=1S/C21H29ClN2O2/c1-3-4-5-12-23-21(26)18-10-13-24(14-11-18)20(25)9-8-17-7-6-16(2)19(22)15-17/h6-9,15,18H,3-5,10-14H2,1-2H3,(H,23,26)/b9-8+. The molecular formula is C21H29ClN2O2. The van der Waals surface area contributed by atoms with Crippen molar-refractivity contribution in [2.75, 3.05) is 19.6 Å². The van der Waals surface area contributed by atoms with Gasteiger partial charge in [0.25, 0.3) is 0 Å². The van der Waals surface area contributed by atoms with E-state index in [0.717, 1.165) is 49.8 Å². The normalized spacial score (nSPS) is 15.4. The van der Waals surface area contributed by atoms with Gasteiger partial charge in [0.15, 0.2) is 0 Å². The van der Waals surface area contributed by atoms with Gasteiger partial charge in [-0.2, -0.15) is 0 Å². The van der Waals surface area contributed by atoms with Crippen molar-refractivity contribution in [2.24, 2.45) is 5.92 Å². The van der Waals surface area contributed by atoms with E-state index < -0.39 is 0 Å². The number of amides is 2. The second kappa shape index (κ2) is 10.4. The van der Waals surface area contributed by atoms with Gasteiger partial charge in [-0.05, 0) is 49.5 Å². The van der Waals surface area contributed by atoms with Gasteiger partial charge in [-0.25, -0.2) is 0 Å². The first kappa shape index (κ1) is 20.5. The van der Waals surface area contributed by atoms with Gasteiger partial charge in [0, 0.05) is 36.7 Å². The Kier molecular flexibility index (Phi) is 8.17. The maximum Gasteiger partial charge on any atom is 0.246 e. The Morgan fingerprint density at radius 3 is 2.65 bits per heavy atom. The topological polar surface area (TPSA) is 49.4 Å². The fourth-order valence-corrected chi connectivity index (χ4v) is 3.27. The lowest BCUT2D eigenvalue weighted by atomic mass is 9.95. The Labute approximate surface area is 161 Å². The molecule has 1 heterocycles. The fraction of sp³-hybridized carbons (Fsp3) is 0.524. The third-order valence-corrected chi connectivity index (χ3v) is 5.28. The van der Waals surface area contributed by atoms with Crippen molar-refractivity contribution in [1.82, 2.24) is 10.2 Å². The minimum atomic E-state index is -0.0106. The molecule has 0 bridgehead atoms. The third-order valence-electron chi connectivity index (χ3n) is 4.87. The van der Waals surface area contributed by atoms with Crippen LogP contribution in [0.1, 0.15) is 50.2 Å². The summed E-state index contributed by atoms with van der Waals surface area (Å²) in [6.07, 6.45) is 8.18. The van der Waals surface area contributed by atoms with Gasteiger partial charge in [-0.1, -0.05) is 43.5 Å². The second-order valence-corrected chi connectivity index (χ2v) is 7.35. The fourth-order valence-electron chi connectivity index (χ4n) is 3.08. The first-order valence-electron chi connectivity index (χ1n) is 9.52. The van der Waals surface area contributed by atoms with Crippen molar-refractivity contribution < 1.29 is 9.59 Å². The molecule has 1 aliphatic rings. The van der Waals surface area contributed by atoms with E-state index in [-0.39, 0.29) is 17.7 Å². The Bertz CT molecular complexity index is 649. The highest BCUT2D eigenvalue weighted by molar-refractivity contribution is 6.31. The molecule has 0 radical (unpaired) electrons. The first-order chi connectivity index (χ1) is 12.5. The summed E-state index contributed by atoms with van der Waals surface area (Å²) in [6, 6.07) is 5.74. The third kappa shape index (κ3) is 6.17. The average Bonchev–Trinajstić information content (AvgIpc) is 2.66. The lowest BCUT2D eigenvalue weighted by Crippen LogP contribution is -2.42. The van der Waals surface area contributed by atoms with E-state index in [1.807, 2.05) is 30.0 Å². The van der Waals surface area contributed by atoms with Gasteiger partial charge in [0.1, 0.15) is 0 Å². The van der Waals surface area contributed by atoms with E-state index >= 15 is 0 Å². The highest BCUT2D eigenvalue weighted by atomic mass is 35.5. The van der Waals surface area contributed by atoms with Crippen LogP contribution >= 0.6 is 11.6 Å². The van der Waals surface area contributed by atoms with Crippen LogP contribution in [0.5, 0.6) is 0 Å². The summed E-state index contributed by atoms with van der Waals surface area (Å²) >= 11 is 6.11. The first-order valence-corrected chi connectivity index (χ1v) is 9.90. The van der Waals surface area contributed by atoms with Crippen LogP contribution in [-0.4, -0.2) is 36.3 Å². The molecule has 4 nitrogen and oxygen atoms in total. The molecule has 1 aliphatic heterocycles. The van der Waals surface area contributed by atoms with Crippen LogP contribution in [0.4, 0.5) is 0 Å². The van der Waals surface area contributed by atoms with E-state index in [2.05, 4.69) is 12.2 Å². The molecule has 1 aromatic rings. The molecule has 1 N–H and O–H groups in total. The number of aryl methyl sites for hydroxylation is 1. The van der Waals surface area contributed by atoms with E-state index in [0.29, 0.717) is 18.1 Å². The summed E-state index contributed by atoms with van der Waals surface area (Å²) in [5.41, 5.74) is 1.93. The highest BCUT2D eigenvalue weighted by Gasteiger charge is 2.26. The molecular weight excluding hydrogens is 348 g/mol. The van der Waals surface area contributed by atoms with Crippen LogP contribution in [0.3, 0.4) is 0 Å². The van der Waals surface area contributed by atoms with Crippen LogP contribution in [0.2, 0.25) is 5.02 Å². The van der Waals surface area contributed by atoms with Crippen LogP contribution in [0, 0.1) is 12.8 Å². The quantitative estimate of drug-likeness (QED) is 0.572. The summed E-state index contributed by atoms with van der Waals surface area (Å²) in [6.45, 7) is 6.12. The molecule has 0 unspecified atom stereocenters. The SMILES string of the molecule is CCCCCNC(=O)C1CCN(C(=O)/C=C/c2ccc(C)c(Cl)c2)CC1. The summed E-state index contributed by atoms with van der Waals surface area (Å²) in [5, 5.41) is 3.72. The number of likely N-dealkylation sites (tertiary alicyclic amines) is 1. The number of halogens is 1. The number of benzene rings is 1. The number of rotatable bonds is 7. The van der Waals surface area contributed by atoms with Crippen molar-refractivity contribution in [3.63, 3.8) is 0 Å². The van der Waals surface area contributed by atoms with Crippen LogP contribution in [0.25, 0.3) is 6.08 Å². The van der Waals surface area contributed by atoms with E-state index in [9.17, 15) is 9.59 Å². The molecule has 0 aromatic heterocycles. The van der Waals surface area contributed by atoms with Crippen LogP contribution in [0.15, 0.2) is 24.3 Å². The van der Waals surface area contributed by atoms with E-state index in [4.69, 9.17) is 11.6 Å². The zero-order chi connectivity index (χ0) is 18.9. The zero-order valence-electron chi connectivity index (χ0n) is 15.8. The molecule has 0 saturated carbocycles. The molecule has 0 atom stereocenters. The van der Waals surface area contributed by atoms with Crippen LogP contribution < -0.4 is 5.32 Å². The molecule has 0 aliphatic carbocycles. The summed E-state index contributed by atoms with van der Waals surface area (Å²) in [4.78, 5) is 26.3.